The van der Waals surface area contributed by atoms with E-state index in [-0.39, 0.29) is 12.5 Å². The molecule has 0 fully saturated rings. The van der Waals surface area contributed by atoms with Gasteiger partial charge in [-0.3, -0.25) is 9.78 Å². The molecule has 0 atom stereocenters. The van der Waals surface area contributed by atoms with Gasteiger partial charge in [-0.15, -0.1) is 11.8 Å². The van der Waals surface area contributed by atoms with Crippen LogP contribution in [0.3, 0.4) is 0 Å². The molecule has 1 aromatic carbocycles. The Bertz CT molecular complexity index is 691. The molecule has 0 unspecified atom stereocenters. The topological polar surface area (TPSA) is 53.4 Å². The van der Waals surface area contributed by atoms with Crippen LogP contribution in [-0.2, 0) is 24.2 Å². The van der Waals surface area contributed by atoms with E-state index in [9.17, 15) is 9.90 Å². The van der Waals surface area contributed by atoms with Crippen LogP contribution in [0.4, 0.5) is 0 Å². The van der Waals surface area contributed by atoms with E-state index >= 15 is 0 Å². The summed E-state index contributed by atoms with van der Waals surface area (Å²) in [5, 5.41) is 9.24. The van der Waals surface area contributed by atoms with Crippen LogP contribution in [0.15, 0.2) is 47.6 Å². The number of amides is 1. The van der Waals surface area contributed by atoms with E-state index in [1.54, 1.807) is 29.1 Å². The van der Waals surface area contributed by atoms with Gasteiger partial charge >= 0.3 is 0 Å². The number of carbonyl (C=O) groups excluding carboxylic acids is 1. The number of hydrogen-bond acceptors (Lipinski definition) is 4. The van der Waals surface area contributed by atoms with Gasteiger partial charge in [-0.25, -0.2) is 0 Å². The number of aryl methyl sites for hydroxylation is 2. The summed E-state index contributed by atoms with van der Waals surface area (Å²) in [7, 11) is 0. The lowest BCUT2D eigenvalue weighted by Crippen LogP contribution is -2.34. The van der Waals surface area contributed by atoms with Crippen LogP contribution < -0.4 is 0 Å². The van der Waals surface area contributed by atoms with Gasteiger partial charge < -0.3 is 10.0 Å². The highest BCUT2D eigenvalue weighted by Crippen LogP contribution is 2.27. The lowest BCUT2D eigenvalue weighted by atomic mass is 10.1. The van der Waals surface area contributed by atoms with Crippen LogP contribution in [0.1, 0.15) is 23.1 Å². The summed E-state index contributed by atoms with van der Waals surface area (Å²) in [6.07, 6.45) is 7.03. The van der Waals surface area contributed by atoms with Crippen molar-refractivity contribution < 1.29 is 9.90 Å². The third-order valence-corrected chi connectivity index (χ3v) is 5.23. The van der Waals surface area contributed by atoms with Crippen molar-refractivity contribution in [2.24, 2.45) is 0 Å². The molecule has 5 heteroatoms. The lowest BCUT2D eigenvalue weighted by Gasteiger charge is -2.21. The maximum atomic E-state index is 12.5. The van der Waals surface area contributed by atoms with Crippen LogP contribution in [-0.4, -0.2) is 39.8 Å². The van der Waals surface area contributed by atoms with Crippen molar-refractivity contribution in [1.29, 1.82) is 0 Å². The molecule has 3 rings (SSSR count). The van der Waals surface area contributed by atoms with E-state index in [1.807, 2.05) is 12.1 Å². The third kappa shape index (κ3) is 4.36. The summed E-state index contributed by atoms with van der Waals surface area (Å²) in [4.78, 5) is 19.4. The van der Waals surface area contributed by atoms with Gasteiger partial charge in [0.05, 0.1) is 12.4 Å². The second-order valence-corrected chi connectivity index (χ2v) is 7.02. The number of aliphatic hydroxyl groups excluding tert-OH is 1. The van der Waals surface area contributed by atoms with E-state index in [2.05, 4.69) is 23.2 Å². The zero-order valence-electron chi connectivity index (χ0n) is 13.6. The molecule has 24 heavy (non-hydrogen) atoms. The van der Waals surface area contributed by atoms with Crippen LogP contribution in [0.5, 0.6) is 0 Å². The molecule has 0 aliphatic heterocycles. The molecule has 0 saturated heterocycles. The van der Waals surface area contributed by atoms with E-state index in [1.165, 1.54) is 24.0 Å². The fourth-order valence-corrected chi connectivity index (χ4v) is 3.86. The van der Waals surface area contributed by atoms with Gasteiger partial charge in [-0.1, -0.05) is 12.1 Å². The summed E-state index contributed by atoms with van der Waals surface area (Å²) in [5.74, 6) is 0.428. The SMILES string of the molecule is O=C(CSc1ccc2c(c1)CCC2)N(CCO)Cc1cccnc1. The molecular weight excluding hydrogens is 320 g/mol. The summed E-state index contributed by atoms with van der Waals surface area (Å²) < 4.78 is 0. The first kappa shape index (κ1) is 17.0. The molecule has 0 bridgehead atoms. The zero-order valence-corrected chi connectivity index (χ0v) is 14.5. The van der Waals surface area contributed by atoms with Crippen molar-refractivity contribution in [2.75, 3.05) is 18.9 Å². The zero-order chi connectivity index (χ0) is 16.8. The molecule has 0 spiro atoms. The number of hydrogen-bond donors (Lipinski definition) is 1. The van der Waals surface area contributed by atoms with E-state index in [0.29, 0.717) is 18.8 Å². The number of benzene rings is 1. The summed E-state index contributed by atoms with van der Waals surface area (Å²) in [6.45, 7) is 0.798. The standard InChI is InChI=1S/C19H22N2O2S/c22-10-9-21(13-15-3-2-8-20-12-15)19(23)14-24-18-7-6-16-4-1-5-17(16)11-18/h2-3,6-8,11-12,22H,1,4-5,9-10,13-14H2. The molecule has 1 N–H and O–H groups in total. The second-order valence-electron chi connectivity index (χ2n) is 5.97. The van der Waals surface area contributed by atoms with Crippen LogP contribution in [0, 0.1) is 0 Å². The van der Waals surface area contributed by atoms with Crippen molar-refractivity contribution in [2.45, 2.75) is 30.7 Å². The Morgan fingerprint density at radius 3 is 2.92 bits per heavy atom. The maximum Gasteiger partial charge on any atom is 0.233 e. The molecule has 1 aromatic heterocycles. The molecule has 1 aliphatic rings. The first-order chi connectivity index (χ1) is 11.8. The Hall–Kier alpha value is -1.85. The maximum absolute atomic E-state index is 12.5. The largest absolute Gasteiger partial charge is 0.395 e. The van der Waals surface area contributed by atoms with E-state index in [4.69, 9.17) is 0 Å². The Kier molecular flexibility index (Phi) is 5.88. The average Bonchev–Trinajstić information content (AvgIpc) is 3.08. The quantitative estimate of drug-likeness (QED) is 0.786. The smallest absolute Gasteiger partial charge is 0.233 e. The fraction of sp³-hybridized carbons (Fsp3) is 0.368. The number of thioether (sulfide) groups is 1. The van der Waals surface area contributed by atoms with E-state index in [0.717, 1.165) is 16.9 Å². The predicted molar refractivity (Wildman–Crippen MR) is 95.9 cm³/mol. The molecular formula is C19H22N2O2S. The van der Waals surface area contributed by atoms with Crippen molar-refractivity contribution in [3.8, 4) is 0 Å². The number of pyridine rings is 1. The molecule has 1 aliphatic carbocycles. The molecule has 2 aromatic rings. The first-order valence-electron chi connectivity index (χ1n) is 8.28. The Morgan fingerprint density at radius 1 is 1.25 bits per heavy atom. The van der Waals surface area contributed by atoms with Crippen LogP contribution in [0.25, 0.3) is 0 Å². The number of nitrogens with zero attached hydrogens (tertiary/aromatic N) is 2. The minimum Gasteiger partial charge on any atom is -0.395 e. The van der Waals surface area contributed by atoms with Gasteiger partial charge in [0, 0.05) is 30.4 Å². The second kappa shape index (κ2) is 8.31. The van der Waals surface area contributed by atoms with Gasteiger partial charge in [0.15, 0.2) is 0 Å². The molecule has 1 heterocycles. The van der Waals surface area contributed by atoms with Gasteiger partial charge in [0.2, 0.25) is 5.91 Å². The summed E-state index contributed by atoms with van der Waals surface area (Å²) in [5.41, 5.74) is 3.85. The minimum atomic E-state index is -0.0322. The highest BCUT2D eigenvalue weighted by Gasteiger charge is 2.15. The molecule has 4 nitrogen and oxygen atoms in total. The highest BCUT2D eigenvalue weighted by molar-refractivity contribution is 8.00. The van der Waals surface area contributed by atoms with Crippen molar-refractivity contribution in [3.63, 3.8) is 0 Å². The molecule has 126 valence electrons. The highest BCUT2D eigenvalue weighted by atomic mass is 32.2. The Balaban J connectivity index is 1.59. The number of rotatable bonds is 7. The minimum absolute atomic E-state index is 0.0322. The van der Waals surface area contributed by atoms with Crippen molar-refractivity contribution in [1.82, 2.24) is 9.88 Å². The normalized spacial score (nSPS) is 12.9. The number of fused-ring (bicyclic) bond motifs is 1. The van der Waals surface area contributed by atoms with Gasteiger partial charge in [-0.2, -0.15) is 0 Å². The number of aliphatic hydroxyl groups is 1. The molecule has 0 radical (unpaired) electrons. The number of carbonyl (C=O) groups is 1. The summed E-state index contributed by atoms with van der Waals surface area (Å²) >= 11 is 1.57. The number of aromatic nitrogens is 1. The third-order valence-electron chi connectivity index (χ3n) is 4.25. The van der Waals surface area contributed by atoms with Gasteiger partial charge in [0.25, 0.3) is 0 Å². The molecule has 0 saturated carbocycles. The monoisotopic (exact) mass is 342 g/mol. The van der Waals surface area contributed by atoms with Gasteiger partial charge in [-0.05, 0) is 54.2 Å². The first-order valence-corrected chi connectivity index (χ1v) is 9.27. The Labute approximate surface area is 146 Å². The predicted octanol–water partition coefficient (Wildman–Crippen LogP) is 2.68. The van der Waals surface area contributed by atoms with Gasteiger partial charge in [0.1, 0.15) is 0 Å². The fourth-order valence-electron chi connectivity index (χ4n) is 3.00. The Morgan fingerprint density at radius 2 is 2.12 bits per heavy atom. The average molecular weight is 342 g/mol. The molecule has 1 amide bonds. The van der Waals surface area contributed by atoms with Crippen molar-refractivity contribution in [3.05, 3.63) is 59.4 Å². The van der Waals surface area contributed by atoms with E-state index < -0.39 is 0 Å². The summed E-state index contributed by atoms with van der Waals surface area (Å²) in [6, 6.07) is 10.3. The lowest BCUT2D eigenvalue weighted by molar-refractivity contribution is -0.129. The van der Waals surface area contributed by atoms with Crippen molar-refractivity contribution >= 4 is 17.7 Å². The van der Waals surface area contributed by atoms with Crippen LogP contribution in [0.2, 0.25) is 0 Å². The van der Waals surface area contributed by atoms with Crippen LogP contribution >= 0.6 is 11.8 Å².